The zero-order valence-corrected chi connectivity index (χ0v) is 15.8. The highest BCUT2D eigenvalue weighted by Crippen LogP contribution is 2.33. The lowest BCUT2D eigenvalue weighted by Gasteiger charge is -2.26. The van der Waals surface area contributed by atoms with Gasteiger partial charge in [0.15, 0.2) is 11.5 Å². The summed E-state index contributed by atoms with van der Waals surface area (Å²) in [5.41, 5.74) is 3.36. The normalized spacial score (nSPS) is 19.1. The van der Waals surface area contributed by atoms with E-state index in [0.29, 0.717) is 13.2 Å². The minimum Gasteiger partial charge on any atom is -0.486 e. The van der Waals surface area contributed by atoms with Crippen LogP contribution in [0.2, 0.25) is 0 Å². The highest BCUT2D eigenvalue weighted by Gasteiger charge is 2.25. The van der Waals surface area contributed by atoms with E-state index in [1.54, 1.807) is 0 Å². The van der Waals surface area contributed by atoms with Crippen molar-refractivity contribution in [2.24, 2.45) is 7.05 Å². The van der Waals surface area contributed by atoms with Crippen LogP contribution in [-0.2, 0) is 13.5 Å². The van der Waals surface area contributed by atoms with Crippen molar-refractivity contribution in [3.05, 3.63) is 41.2 Å². The summed E-state index contributed by atoms with van der Waals surface area (Å²) in [4.78, 5) is 12.7. The fourth-order valence-corrected chi connectivity index (χ4v) is 3.91. The molecule has 1 aromatic carbocycles. The van der Waals surface area contributed by atoms with Crippen LogP contribution in [0.15, 0.2) is 24.4 Å². The van der Waals surface area contributed by atoms with Crippen LogP contribution in [0.25, 0.3) is 0 Å². The lowest BCUT2D eigenvalue weighted by atomic mass is 9.93. The van der Waals surface area contributed by atoms with Crippen LogP contribution in [0.4, 0.5) is 4.79 Å². The van der Waals surface area contributed by atoms with Crippen LogP contribution in [0.5, 0.6) is 11.5 Å². The average Bonchev–Trinajstić information content (AvgIpc) is 3.08. The zero-order chi connectivity index (χ0) is 18.8. The summed E-state index contributed by atoms with van der Waals surface area (Å²) in [6.07, 6.45) is 5.66. The summed E-state index contributed by atoms with van der Waals surface area (Å²) >= 11 is 0. The number of hydrogen-bond donors (Lipinski definition) is 2. The summed E-state index contributed by atoms with van der Waals surface area (Å²) < 4.78 is 13.1. The lowest BCUT2D eigenvalue weighted by molar-refractivity contribution is 0.171. The number of ether oxygens (including phenoxy) is 2. The van der Waals surface area contributed by atoms with E-state index in [1.807, 2.05) is 36.1 Å². The molecular formula is C20H26N4O3. The number of hydrogen-bond acceptors (Lipinski definition) is 4. The Morgan fingerprint density at radius 2 is 2.15 bits per heavy atom. The number of benzene rings is 1. The molecule has 0 spiro atoms. The number of carbonyl (C=O) groups excluding carboxylic acids is 1. The van der Waals surface area contributed by atoms with Gasteiger partial charge < -0.3 is 20.1 Å². The van der Waals surface area contributed by atoms with Crippen molar-refractivity contribution in [2.75, 3.05) is 13.2 Å². The number of carbonyl (C=O) groups is 1. The smallest absolute Gasteiger partial charge is 0.315 e. The van der Waals surface area contributed by atoms with Crippen molar-refractivity contribution < 1.29 is 14.3 Å². The van der Waals surface area contributed by atoms with Crippen molar-refractivity contribution in [3.8, 4) is 11.5 Å². The molecule has 0 saturated carbocycles. The van der Waals surface area contributed by atoms with Gasteiger partial charge in [-0.2, -0.15) is 5.10 Å². The maximum atomic E-state index is 12.7. The second-order valence-corrected chi connectivity index (χ2v) is 7.10. The molecule has 0 radical (unpaired) electrons. The molecule has 144 valence electrons. The molecule has 0 saturated heterocycles. The van der Waals surface area contributed by atoms with Crippen LogP contribution in [-0.4, -0.2) is 29.0 Å². The average molecular weight is 370 g/mol. The standard InChI is InChI=1S/C20H26N4O3/c1-3-15(13-7-8-18-19(11-13)27-10-9-26-18)22-20(25)23-16-5-4-6-17-14(16)12-21-24(17)2/h7-8,11-12,15-16H,3-6,9-10H2,1-2H3,(H2,22,23,25)/t15-,16-/m0/s1. The Morgan fingerprint density at radius 3 is 2.96 bits per heavy atom. The third-order valence-corrected chi connectivity index (χ3v) is 5.36. The molecule has 2 N–H and O–H groups in total. The Bertz CT molecular complexity index is 833. The zero-order valence-electron chi connectivity index (χ0n) is 15.8. The highest BCUT2D eigenvalue weighted by molar-refractivity contribution is 5.75. The number of nitrogens with one attached hydrogen (secondary N) is 2. The van der Waals surface area contributed by atoms with E-state index in [4.69, 9.17) is 9.47 Å². The first-order valence-electron chi connectivity index (χ1n) is 9.63. The first kappa shape index (κ1) is 17.7. The Kier molecular flexibility index (Phi) is 4.92. The van der Waals surface area contributed by atoms with Crippen LogP contribution < -0.4 is 20.1 Å². The van der Waals surface area contributed by atoms with Crippen LogP contribution in [0.1, 0.15) is 55.1 Å². The molecule has 0 bridgehead atoms. The van der Waals surface area contributed by atoms with E-state index in [2.05, 4.69) is 22.7 Å². The summed E-state index contributed by atoms with van der Waals surface area (Å²) in [6.45, 7) is 3.18. The molecule has 2 aromatic rings. The number of urea groups is 1. The molecule has 0 fully saturated rings. The largest absolute Gasteiger partial charge is 0.486 e. The van der Waals surface area contributed by atoms with Gasteiger partial charge in [0.05, 0.1) is 18.3 Å². The number of fused-ring (bicyclic) bond motifs is 2. The van der Waals surface area contributed by atoms with E-state index in [-0.39, 0.29) is 18.1 Å². The molecule has 2 heterocycles. The third kappa shape index (κ3) is 3.59. The first-order valence-corrected chi connectivity index (χ1v) is 9.63. The van der Waals surface area contributed by atoms with E-state index in [9.17, 15) is 4.79 Å². The fourth-order valence-electron chi connectivity index (χ4n) is 3.91. The predicted molar refractivity (Wildman–Crippen MR) is 101 cm³/mol. The molecule has 1 aliphatic carbocycles. The summed E-state index contributed by atoms with van der Waals surface area (Å²) in [5, 5.41) is 10.6. The van der Waals surface area contributed by atoms with Gasteiger partial charge in [-0.25, -0.2) is 4.79 Å². The van der Waals surface area contributed by atoms with Crippen LogP contribution >= 0.6 is 0 Å². The van der Waals surface area contributed by atoms with Gasteiger partial charge in [0.25, 0.3) is 0 Å². The monoisotopic (exact) mass is 370 g/mol. The predicted octanol–water partition coefficient (Wildman–Crippen LogP) is 3.02. The molecule has 7 nitrogen and oxygen atoms in total. The molecule has 2 atom stereocenters. The summed E-state index contributed by atoms with van der Waals surface area (Å²) in [6, 6.07) is 5.64. The first-order chi connectivity index (χ1) is 13.2. The van der Waals surface area contributed by atoms with E-state index in [0.717, 1.165) is 48.3 Å². The van der Waals surface area contributed by atoms with Crippen molar-refractivity contribution >= 4 is 6.03 Å². The molecule has 2 amide bonds. The van der Waals surface area contributed by atoms with E-state index in [1.165, 1.54) is 5.69 Å². The van der Waals surface area contributed by atoms with Gasteiger partial charge in [-0.15, -0.1) is 0 Å². The molecule has 7 heteroatoms. The molecule has 2 aliphatic rings. The van der Waals surface area contributed by atoms with Crippen LogP contribution in [0.3, 0.4) is 0 Å². The Labute approximate surface area is 159 Å². The van der Waals surface area contributed by atoms with Crippen molar-refractivity contribution in [3.63, 3.8) is 0 Å². The van der Waals surface area contributed by atoms with Crippen molar-refractivity contribution in [2.45, 2.75) is 44.7 Å². The van der Waals surface area contributed by atoms with Crippen molar-refractivity contribution in [1.82, 2.24) is 20.4 Å². The Hall–Kier alpha value is -2.70. The molecule has 1 aromatic heterocycles. The molecule has 4 rings (SSSR count). The number of aromatic nitrogens is 2. The van der Waals surface area contributed by atoms with Crippen molar-refractivity contribution in [1.29, 1.82) is 0 Å². The lowest BCUT2D eigenvalue weighted by Crippen LogP contribution is -2.40. The second kappa shape index (κ2) is 7.50. The minimum atomic E-state index is -0.154. The van der Waals surface area contributed by atoms with Gasteiger partial charge in [-0.1, -0.05) is 13.0 Å². The van der Waals surface area contributed by atoms with Gasteiger partial charge in [0.2, 0.25) is 0 Å². The van der Waals surface area contributed by atoms with Crippen LogP contribution in [0, 0.1) is 0 Å². The molecule has 0 unspecified atom stereocenters. The highest BCUT2D eigenvalue weighted by atomic mass is 16.6. The maximum Gasteiger partial charge on any atom is 0.315 e. The number of aryl methyl sites for hydroxylation is 1. The maximum absolute atomic E-state index is 12.7. The Balaban J connectivity index is 1.44. The molecular weight excluding hydrogens is 344 g/mol. The van der Waals surface area contributed by atoms with Gasteiger partial charge in [0, 0.05) is 18.3 Å². The van der Waals surface area contributed by atoms with E-state index >= 15 is 0 Å². The molecule has 1 aliphatic heterocycles. The fraction of sp³-hybridized carbons (Fsp3) is 0.500. The minimum absolute atomic E-state index is 0.0141. The van der Waals surface area contributed by atoms with E-state index < -0.39 is 0 Å². The van der Waals surface area contributed by atoms with Gasteiger partial charge >= 0.3 is 6.03 Å². The number of nitrogens with zero attached hydrogens (tertiary/aromatic N) is 2. The quantitative estimate of drug-likeness (QED) is 0.867. The van der Waals surface area contributed by atoms with Gasteiger partial charge in [-0.05, 0) is 43.4 Å². The molecule has 27 heavy (non-hydrogen) atoms. The van der Waals surface area contributed by atoms with Gasteiger partial charge in [0.1, 0.15) is 13.2 Å². The second-order valence-electron chi connectivity index (χ2n) is 7.10. The number of rotatable bonds is 4. The summed E-state index contributed by atoms with van der Waals surface area (Å²) in [7, 11) is 1.95. The summed E-state index contributed by atoms with van der Waals surface area (Å²) in [5.74, 6) is 1.50. The Morgan fingerprint density at radius 1 is 1.33 bits per heavy atom. The van der Waals surface area contributed by atoms with Gasteiger partial charge in [-0.3, -0.25) is 4.68 Å². The third-order valence-electron chi connectivity index (χ3n) is 5.36. The number of amides is 2. The topological polar surface area (TPSA) is 77.4 Å². The SMILES string of the molecule is CC[C@H](NC(=O)N[C@H]1CCCc2c1cnn2C)c1ccc2c(c1)OCCO2.